The summed E-state index contributed by atoms with van der Waals surface area (Å²) < 4.78 is 53.7. The number of nitrogens with one attached hydrogen (secondary N) is 2. The molecule has 0 bridgehead atoms. The molecule has 1 aliphatic rings. The minimum Gasteiger partial charge on any atom is -0.493 e. The largest absolute Gasteiger partial charge is 0.493 e. The van der Waals surface area contributed by atoms with E-state index in [0.717, 1.165) is 5.56 Å². The third kappa shape index (κ3) is 5.82. The van der Waals surface area contributed by atoms with Crippen LogP contribution in [0.2, 0.25) is 0 Å². The minimum absolute atomic E-state index is 0.0964. The lowest BCUT2D eigenvalue weighted by Crippen LogP contribution is -2.44. The molecule has 1 aliphatic heterocycles. The zero-order valence-corrected chi connectivity index (χ0v) is 16.5. The van der Waals surface area contributed by atoms with Crippen LogP contribution < -0.4 is 24.8 Å². The first-order valence-corrected chi connectivity index (χ1v) is 8.85. The second kappa shape index (κ2) is 9.72. The normalized spacial score (nSPS) is 18.1. The van der Waals surface area contributed by atoms with Crippen LogP contribution >= 0.6 is 0 Å². The van der Waals surface area contributed by atoms with Crippen molar-refractivity contribution in [3.63, 3.8) is 0 Å². The molecule has 10 heteroatoms. The summed E-state index contributed by atoms with van der Waals surface area (Å²) in [5.41, 5.74) is 0.827. The number of halogens is 3. The summed E-state index contributed by atoms with van der Waals surface area (Å²) >= 11 is 0. The van der Waals surface area contributed by atoms with Crippen molar-refractivity contribution in [2.75, 3.05) is 48.0 Å². The van der Waals surface area contributed by atoms with Crippen LogP contribution in [0.15, 0.2) is 17.1 Å². The number of ether oxygens (including phenoxy) is 3. The number of hydrogen-bond acceptors (Lipinski definition) is 5. The lowest BCUT2D eigenvalue weighted by atomic mass is 10.1. The van der Waals surface area contributed by atoms with Crippen LogP contribution in [0.25, 0.3) is 0 Å². The van der Waals surface area contributed by atoms with Crippen LogP contribution in [0, 0.1) is 0 Å². The molecule has 1 aromatic carbocycles. The molecule has 0 amide bonds. The Labute approximate surface area is 162 Å². The van der Waals surface area contributed by atoms with E-state index in [4.69, 9.17) is 14.2 Å². The predicted molar refractivity (Wildman–Crippen MR) is 100 cm³/mol. The maximum atomic E-state index is 12.5. The topological polar surface area (TPSA) is 67.4 Å². The van der Waals surface area contributed by atoms with E-state index < -0.39 is 12.7 Å². The fourth-order valence-corrected chi connectivity index (χ4v) is 3.22. The highest BCUT2D eigenvalue weighted by Gasteiger charge is 2.34. The highest BCUT2D eigenvalue weighted by Crippen LogP contribution is 2.39. The lowest BCUT2D eigenvalue weighted by molar-refractivity contribution is -0.143. The predicted octanol–water partition coefficient (Wildman–Crippen LogP) is 2.01. The fraction of sp³-hybridized carbons (Fsp3) is 0.611. The number of alkyl halides is 3. The van der Waals surface area contributed by atoms with Gasteiger partial charge in [-0.25, -0.2) is 0 Å². The Morgan fingerprint density at radius 3 is 2.46 bits per heavy atom. The lowest BCUT2D eigenvalue weighted by Gasteiger charge is -2.20. The summed E-state index contributed by atoms with van der Waals surface area (Å²) in [6.45, 7) is 0.222. The molecule has 0 saturated carbocycles. The van der Waals surface area contributed by atoms with Crippen LogP contribution in [0.3, 0.4) is 0 Å². The molecule has 1 fully saturated rings. The Hall–Kier alpha value is -2.36. The summed E-state index contributed by atoms with van der Waals surface area (Å²) in [5, 5.41) is 6.33. The zero-order valence-electron chi connectivity index (χ0n) is 16.5. The quantitative estimate of drug-likeness (QED) is 0.535. The number of aliphatic imine (C=N–C) groups is 1. The molecule has 1 unspecified atom stereocenters. The summed E-state index contributed by atoms with van der Waals surface area (Å²) in [7, 11) is 6.24. The molecular weight excluding hydrogens is 377 g/mol. The van der Waals surface area contributed by atoms with Crippen molar-refractivity contribution in [1.29, 1.82) is 0 Å². The van der Waals surface area contributed by atoms with Gasteiger partial charge in [-0.15, -0.1) is 0 Å². The maximum absolute atomic E-state index is 12.5. The van der Waals surface area contributed by atoms with Crippen molar-refractivity contribution in [3.05, 3.63) is 17.7 Å². The van der Waals surface area contributed by atoms with Gasteiger partial charge in [-0.2, -0.15) is 13.2 Å². The van der Waals surface area contributed by atoms with Crippen LogP contribution in [0.5, 0.6) is 17.2 Å². The van der Waals surface area contributed by atoms with Crippen LogP contribution in [-0.2, 0) is 6.54 Å². The zero-order chi connectivity index (χ0) is 20.7. The van der Waals surface area contributed by atoms with E-state index in [0.29, 0.717) is 49.3 Å². The molecule has 0 spiro atoms. The van der Waals surface area contributed by atoms with Gasteiger partial charge in [-0.3, -0.25) is 9.89 Å². The first kappa shape index (κ1) is 21.9. The minimum atomic E-state index is -4.18. The van der Waals surface area contributed by atoms with Crippen molar-refractivity contribution in [3.8, 4) is 17.2 Å². The second-order valence-electron chi connectivity index (χ2n) is 6.40. The molecule has 158 valence electrons. The molecule has 1 heterocycles. The maximum Gasteiger partial charge on any atom is 0.401 e. The van der Waals surface area contributed by atoms with Gasteiger partial charge < -0.3 is 24.8 Å². The highest BCUT2D eigenvalue weighted by molar-refractivity contribution is 5.80. The van der Waals surface area contributed by atoms with Crippen molar-refractivity contribution in [1.82, 2.24) is 15.5 Å². The first-order valence-electron chi connectivity index (χ1n) is 8.85. The number of likely N-dealkylation sites (tertiary alicyclic amines) is 1. The number of hydrogen-bond donors (Lipinski definition) is 2. The van der Waals surface area contributed by atoms with Gasteiger partial charge in [-0.1, -0.05) is 0 Å². The molecule has 1 atom stereocenters. The van der Waals surface area contributed by atoms with Crippen molar-refractivity contribution >= 4 is 5.96 Å². The Kier molecular flexibility index (Phi) is 7.61. The van der Waals surface area contributed by atoms with Crippen molar-refractivity contribution in [2.24, 2.45) is 4.99 Å². The first-order chi connectivity index (χ1) is 13.3. The van der Waals surface area contributed by atoms with Gasteiger partial charge in [0.2, 0.25) is 5.75 Å². The third-order valence-corrected chi connectivity index (χ3v) is 4.47. The molecular formula is C18H27F3N4O3. The monoisotopic (exact) mass is 404 g/mol. The number of methoxy groups -OCH3 is 3. The van der Waals surface area contributed by atoms with Gasteiger partial charge in [0, 0.05) is 38.3 Å². The van der Waals surface area contributed by atoms with Gasteiger partial charge in [-0.05, 0) is 18.6 Å². The Morgan fingerprint density at radius 2 is 1.89 bits per heavy atom. The summed E-state index contributed by atoms with van der Waals surface area (Å²) in [6.07, 6.45) is -3.56. The average Bonchev–Trinajstić information content (AvgIpc) is 3.08. The standard InChI is InChI=1S/C18H27F3N4O3/c1-22-17(24-13-7-8-25(10-13)11-18(19,20)21)23-9-12-5-6-14(26-2)16(28-4)15(12)27-3/h5-6,13H,7-11H2,1-4H3,(H2,22,23,24). The van der Waals surface area contributed by atoms with Crippen LogP contribution in [0.4, 0.5) is 13.2 Å². The van der Waals surface area contributed by atoms with E-state index in [1.165, 1.54) is 12.0 Å². The Bertz CT molecular complexity index is 683. The van der Waals surface area contributed by atoms with Crippen LogP contribution in [0.1, 0.15) is 12.0 Å². The summed E-state index contributed by atoms with van der Waals surface area (Å²) in [5.74, 6) is 2.10. The molecule has 28 heavy (non-hydrogen) atoms. The average molecular weight is 404 g/mol. The highest BCUT2D eigenvalue weighted by atomic mass is 19.4. The van der Waals surface area contributed by atoms with Gasteiger partial charge >= 0.3 is 6.18 Å². The van der Waals surface area contributed by atoms with E-state index in [-0.39, 0.29) is 6.04 Å². The van der Waals surface area contributed by atoms with E-state index in [2.05, 4.69) is 15.6 Å². The Balaban J connectivity index is 1.96. The van der Waals surface area contributed by atoms with Gasteiger partial charge in [0.05, 0.1) is 27.9 Å². The number of benzene rings is 1. The fourth-order valence-electron chi connectivity index (χ4n) is 3.22. The summed E-state index contributed by atoms with van der Waals surface area (Å²) in [4.78, 5) is 5.55. The molecule has 2 rings (SSSR count). The van der Waals surface area contributed by atoms with E-state index in [9.17, 15) is 13.2 Å². The molecule has 1 aromatic rings. The van der Waals surface area contributed by atoms with Gasteiger partial charge in [0.1, 0.15) is 0 Å². The smallest absolute Gasteiger partial charge is 0.401 e. The number of rotatable bonds is 7. The van der Waals surface area contributed by atoms with Crippen molar-refractivity contribution < 1.29 is 27.4 Å². The third-order valence-electron chi connectivity index (χ3n) is 4.47. The van der Waals surface area contributed by atoms with Gasteiger partial charge in [0.15, 0.2) is 17.5 Å². The molecule has 0 aliphatic carbocycles. The Morgan fingerprint density at radius 1 is 1.18 bits per heavy atom. The molecule has 1 saturated heterocycles. The second-order valence-corrected chi connectivity index (χ2v) is 6.40. The number of nitrogens with zero attached hydrogens (tertiary/aromatic N) is 2. The number of guanidine groups is 1. The molecule has 0 aromatic heterocycles. The van der Waals surface area contributed by atoms with Gasteiger partial charge in [0.25, 0.3) is 0 Å². The molecule has 2 N–H and O–H groups in total. The van der Waals surface area contributed by atoms with E-state index in [1.54, 1.807) is 27.3 Å². The SMILES string of the molecule is CN=C(NCc1ccc(OC)c(OC)c1OC)NC1CCN(CC(F)(F)F)C1. The van der Waals surface area contributed by atoms with E-state index >= 15 is 0 Å². The summed E-state index contributed by atoms with van der Waals surface area (Å²) in [6, 6.07) is 3.53. The molecule has 0 radical (unpaired) electrons. The van der Waals surface area contributed by atoms with Crippen LogP contribution in [-0.4, -0.2) is 71.1 Å². The van der Waals surface area contributed by atoms with E-state index in [1.807, 2.05) is 6.07 Å². The van der Waals surface area contributed by atoms with Crippen molar-refractivity contribution in [2.45, 2.75) is 25.2 Å². The molecule has 7 nitrogen and oxygen atoms in total.